The third kappa shape index (κ3) is 1.90. The first-order chi connectivity index (χ1) is 10.5. The first kappa shape index (κ1) is 14.1. The number of thiazole rings is 1. The summed E-state index contributed by atoms with van der Waals surface area (Å²) in [5, 5.41) is 9.27. The number of aromatic nitrogens is 1. The quantitative estimate of drug-likeness (QED) is 0.924. The van der Waals surface area contributed by atoms with Crippen molar-refractivity contribution in [2.45, 2.75) is 36.2 Å². The van der Waals surface area contributed by atoms with Crippen molar-refractivity contribution >= 4 is 37.5 Å². The van der Waals surface area contributed by atoms with Gasteiger partial charge in [0.2, 0.25) is 10.0 Å². The second kappa shape index (κ2) is 4.74. The zero-order valence-corrected chi connectivity index (χ0v) is 13.2. The molecule has 0 amide bonds. The van der Waals surface area contributed by atoms with Crippen LogP contribution in [0.5, 0.6) is 0 Å². The molecule has 2 aliphatic rings. The Hall–Kier alpha value is -1.51. The van der Waals surface area contributed by atoms with Crippen molar-refractivity contribution in [3.05, 3.63) is 23.7 Å². The zero-order chi connectivity index (χ0) is 15.5. The molecule has 2 aromatic rings. The van der Waals surface area contributed by atoms with E-state index in [4.69, 9.17) is 0 Å². The number of carbonyl (C=O) groups is 1. The van der Waals surface area contributed by atoms with Crippen molar-refractivity contribution in [1.82, 2.24) is 9.29 Å². The molecule has 0 radical (unpaired) electrons. The fourth-order valence-electron chi connectivity index (χ4n) is 3.70. The molecule has 3 heterocycles. The lowest BCUT2D eigenvalue weighted by Crippen LogP contribution is -2.37. The third-order valence-corrected chi connectivity index (χ3v) is 7.43. The lowest BCUT2D eigenvalue weighted by molar-refractivity contribution is -0.142. The van der Waals surface area contributed by atoms with Crippen LogP contribution in [0.4, 0.5) is 0 Å². The summed E-state index contributed by atoms with van der Waals surface area (Å²) in [6, 6.07) is 4.30. The maximum absolute atomic E-state index is 12.9. The van der Waals surface area contributed by atoms with Crippen molar-refractivity contribution in [1.29, 1.82) is 0 Å². The summed E-state index contributed by atoms with van der Waals surface area (Å²) in [5.74, 6) is -1.48. The molecule has 3 atom stereocenters. The first-order valence-electron chi connectivity index (χ1n) is 7.08. The normalized spacial score (nSPS) is 28.5. The number of aliphatic carboxylic acids is 1. The van der Waals surface area contributed by atoms with Crippen LogP contribution in [0.15, 0.2) is 28.6 Å². The molecule has 1 N–H and O–H groups in total. The van der Waals surface area contributed by atoms with Gasteiger partial charge >= 0.3 is 5.97 Å². The maximum atomic E-state index is 12.9. The Balaban J connectivity index is 1.76. The van der Waals surface area contributed by atoms with E-state index >= 15 is 0 Å². The smallest absolute Gasteiger partial charge is 0.308 e. The predicted octanol–water partition coefficient (Wildman–Crippen LogP) is 1.92. The predicted molar refractivity (Wildman–Crippen MR) is 81.2 cm³/mol. The van der Waals surface area contributed by atoms with Crippen LogP contribution in [0, 0.1) is 5.92 Å². The minimum atomic E-state index is -3.66. The molecule has 0 saturated carbocycles. The van der Waals surface area contributed by atoms with Crippen LogP contribution in [-0.2, 0) is 14.8 Å². The van der Waals surface area contributed by atoms with Crippen LogP contribution in [0.2, 0.25) is 0 Å². The minimum absolute atomic E-state index is 0.187. The molecule has 6 nitrogen and oxygen atoms in total. The first-order valence-corrected chi connectivity index (χ1v) is 9.40. The van der Waals surface area contributed by atoms with Crippen LogP contribution < -0.4 is 0 Å². The summed E-state index contributed by atoms with van der Waals surface area (Å²) in [6.45, 7) is 0. The Morgan fingerprint density at radius 3 is 2.91 bits per heavy atom. The van der Waals surface area contributed by atoms with Gasteiger partial charge in [-0.2, -0.15) is 4.31 Å². The molecule has 2 saturated heterocycles. The van der Waals surface area contributed by atoms with E-state index in [0.29, 0.717) is 12.8 Å². The topological polar surface area (TPSA) is 87.6 Å². The van der Waals surface area contributed by atoms with E-state index in [-0.39, 0.29) is 10.9 Å². The van der Waals surface area contributed by atoms with Gasteiger partial charge in [-0.3, -0.25) is 4.79 Å². The van der Waals surface area contributed by atoms with Crippen LogP contribution in [-0.4, -0.2) is 40.9 Å². The van der Waals surface area contributed by atoms with Crippen LogP contribution >= 0.6 is 11.3 Å². The molecule has 22 heavy (non-hydrogen) atoms. The van der Waals surface area contributed by atoms with Gasteiger partial charge in [0.05, 0.1) is 26.5 Å². The van der Waals surface area contributed by atoms with E-state index < -0.39 is 28.0 Å². The highest BCUT2D eigenvalue weighted by Crippen LogP contribution is 2.45. The average molecular weight is 338 g/mol. The zero-order valence-electron chi connectivity index (χ0n) is 11.5. The summed E-state index contributed by atoms with van der Waals surface area (Å²) >= 11 is 1.39. The lowest BCUT2D eigenvalue weighted by atomic mass is 9.89. The number of sulfonamides is 1. The van der Waals surface area contributed by atoms with Gasteiger partial charge in [-0.1, -0.05) is 0 Å². The molecular weight excluding hydrogens is 324 g/mol. The second-order valence-electron chi connectivity index (χ2n) is 5.80. The van der Waals surface area contributed by atoms with Gasteiger partial charge in [0.25, 0.3) is 0 Å². The molecule has 2 bridgehead atoms. The van der Waals surface area contributed by atoms with Gasteiger partial charge in [-0.15, -0.1) is 11.3 Å². The number of carboxylic acid groups (broad SMARTS) is 1. The highest BCUT2D eigenvalue weighted by atomic mass is 32.2. The van der Waals surface area contributed by atoms with E-state index in [9.17, 15) is 18.3 Å². The number of hydrogen-bond acceptors (Lipinski definition) is 5. The summed E-state index contributed by atoms with van der Waals surface area (Å²) < 4.78 is 28.2. The molecule has 8 heteroatoms. The summed E-state index contributed by atoms with van der Waals surface area (Å²) in [6.07, 6.45) is 1.79. The van der Waals surface area contributed by atoms with Crippen LogP contribution in [0.25, 0.3) is 10.2 Å². The van der Waals surface area contributed by atoms with Gasteiger partial charge in [0.1, 0.15) is 0 Å². The van der Waals surface area contributed by atoms with E-state index in [1.54, 1.807) is 23.7 Å². The molecule has 0 spiro atoms. The molecule has 116 valence electrons. The number of carboxylic acids is 1. The van der Waals surface area contributed by atoms with Crippen molar-refractivity contribution in [2.75, 3.05) is 0 Å². The number of benzene rings is 1. The fraction of sp³-hybridized carbons (Fsp3) is 0.429. The van der Waals surface area contributed by atoms with Gasteiger partial charge < -0.3 is 5.11 Å². The maximum Gasteiger partial charge on any atom is 0.308 e. The Bertz CT molecular complexity index is 861. The fourth-order valence-corrected chi connectivity index (χ4v) is 6.43. The molecular formula is C14H14N2O4S2. The Morgan fingerprint density at radius 2 is 2.18 bits per heavy atom. The highest BCUT2D eigenvalue weighted by Gasteiger charge is 2.54. The van der Waals surface area contributed by atoms with Gasteiger partial charge in [0, 0.05) is 12.1 Å². The molecule has 1 aromatic heterocycles. The molecule has 2 aliphatic heterocycles. The Labute approximate surface area is 131 Å². The molecule has 1 aromatic carbocycles. The van der Waals surface area contributed by atoms with Crippen LogP contribution in [0.1, 0.15) is 19.3 Å². The van der Waals surface area contributed by atoms with Gasteiger partial charge in [0.15, 0.2) is 0 Å². The molecule has 0 aliphatic carbocycles. The third-order valence-electron chi connectivity index (χ3n) is 4.67. The monoisotopic (exact) mass is 338 g/mol. The van der Waals surface area contributed by atoms with Gasteiger partial charge in [-0.25, -0.2) is 13.4 Å². The second-order valence-corrected chi connectivity index (χ2v) is 8.53. The SMILES string of the molecule is O=C(O)C1CC2CCC1N2S(=O)(=O)c1ccc2ncsc2c1. The largest absolute Gasteiger partial charge is 0.481 e. The Kier molecular flexibility index (Phi) is 3.04. The van der Waals surface area contributed by atoms with E-state index in [1.807, 2.05) is 0 Å². The number of hydrogen-bond donors (Lipinski definition) is 1. The number of nitrogens with zero attached hydrogens (tertiary/aromatic N) is 2. The molecule has 2 fully saturated rings. The van der Waals surface area contributed by atoms with E-state index in [2.05, 4.69) is 4.98 Å². The van der Waals surface area contributed by atoms with Crippen molar-refractivity contribution in [3.63, 3.8) is 0 Å². The molecule has 4 rings (SSSR count). The minimum Gasteiger partial charge on any atom is -0.481 e. The van der Waals surface area contributed by atoms with Crippen LogP contribution in [0.3, 0.4) is 0 Å². The average Bonchev–Trinajstić information content (AvgIpc) is 3.19. The molecule has 3 unspecified atom stereocenters. The summed E-state index contributed by atoms with van der Waals surface area (Å²) in [4.78, 5) is 15.7. The Morgan fingerprint density at radius 1 is 1.36 bits per heavy atom. The van der Waals surface area contributed by atoms with Crippen molar-refractivity contribution in [2.24, 2.45) is 5.92 Å². The highest BCUT2D eigenvalue weighted by molar-refractivity contribution is 7.89. The standard InChI is InChI=1S/C14H14N2O4S2/c17-14(18)10-5-8-1-4-12(10)16(8)22(19,20)9-2-3-11-13(6-9)21-7-15-11/h2-3,6-8,10,12H,1,4-5H2,(H,17,18). The van der Waals surface area contributed by atoms with Gasteiger partial charge in [-0.05, 0) is 37.5 Å². The number of fused-ring (bicyclic) bond motifs is 3. The lowest BCUT2D eigenvalue weighted by Gasteiger charge is -2.22. The van der Waals surface area contributed by atoms with E-state index in [1.165, 1.54) is 15.6 Å². The summed E-state index contributed by atoms with van der Waals surface area (Å²) in [7, 11) is -3.66. The van der Waals surface area contributed by atoms with Crippen molar-refractivity contribution in [3.8, 4) is 0 Å². The number of rotatable bonds is 3. The van der Waals surface area contributed by atoms with E-state index in [0.717, 1.165) is 16.6 Å². The summed E-state index contributed by atoms with van der Waals surface area (Å²) in [5.41, 5.74) is 2.46. The van der Waals surface area contributed by atoms with Crippen molar-refractivity contribution < 1.29 is 18.3 Å².